The van der Waals surface area contributed by atoms with Gasteiger partial charge in [-0.25, -0.2) is 4.39 Å². The van der Waals surface area contributed by atoms with E-state index >= 15 is 0 Å². The van der Waals surface area contributed by atoms with Crippen LogP contribution in [0.25, 0.3) is 11.3 Å². The molecule has 0 saturated carbocycles. The maximum absolute atomic E-state index is 14.2. The van der Waals surface area contributed by atoms with Crippen LogP contribution in [-0.4, -0.2) is 30.8 Å². The fraction of sp³-hybridized carbons (Fsp3) is 0.385. The lowest BCUT2D eigenvalue weighted by Gasteiger charge is -2.13. The van der Waals surface area contributed by atoms with E-state index < -0.39 is 8.25 Å². The number of ether oxygens (including phenoxy) is 2. The van der Waals surface area contributed by atoms with Crippen LogP contribution in [0.1, 0.15) is 37.8 Å². The van der Waals surface area contributed by atoms with Crippen LogP contribution in [0.5, 0.6) is 11.5 Å². The minimum absolute atomic E-state index is 0.0745. The van der Waals surface area contributed by atoms with E-state index in [4.69, 9.17) is 18.8 Å². The van der Waals surface area contributed by atoms with Crippen LogP contribution in [0.4, 0.5) is 4.39 Å². The Morgan fingerprint density at radius 3 is 2.57 bits per heavy atom. The van der Waals surface area contributed by atoms with Crippen LogP contribution in [0.3, 0.4) is 0 Å². The topological polar surface area (TPSA) is 90.2 Å². The van der Waals surface area contributed by atoms with Crippen molar-refractivity contribution in [2.75, 3.05) is 19.8 Å². The first kappa shape index (κ1) is 27.0. The standard InChI is InChI=1S/C26H33FNO6P/c1-19(2)34-26-11-8-20(17-23(26)27)6-3-13-32-25-10-9-21(16-22(25)24-7-4-14-31-24)18-28-12-5-15-33-35(29)30/h4,7-11,14,16-17,19,28,35H,3,5-6,12-13,15,18H2,1-2H3,(H,29,30). The molecule has 0 bridgehead atoms. The van der Waals surface area contributed by atoms with E-state index in [0.29, 0.717) is 38.3 Å². The van der Waals surface area contributed by atoms with E-state index in [1.807, 2.05) is 50.2 Å². The number of furan rings is 1. The van der Waals surface area contributed by atoms with Gasteiger partial charge in [0.05, 0.1) is 31.1 Å². The van der Waals surface area contributed by atoms with E-state index in [-0.39, 0.29) is 24.3 Å². The van der Waals surface area contributed by atoms with Gasteiger partial charge in [0, 0.05) is 6.54 Å². The summed E-state index contributed by atoms with van der Waals surface area (Å²) in [5, 5.41) is 3.29. The molecular weight excluding hydrogens is 472 g/mol. The van der Waals surface area contributed by atoms with Crippen molar-refractivity contribution in [3.8, 4) is 22.8 Å². The van der Waals surface area contributed by atoms with Gasteiger partial charge in [-0.15, -0.1) is 0 Å². The summed E-state index contributed by atoms with van der Waals surface area (Å²) >= 11 is 0. The highest BCUT2D eigenvalue weighted by molar-refractivity contribution is 7.32. The Balaban J connectivity index is 1.53. The summed E-state index contributed by atoms with van der Waals surface area (Å²) in [6, 6.07) is 14.7. The number of hydrogen-bond acceptors (Lipinski definition) is 6. The van der Waals surface area contributed by atoms with Crippen LogP contribution in [-0.2, 0) is 22.1 Å². The van der Waals surface area contributed by atoms with Gasteiger partial charge in [-0.3, -0.25) is 4.57 Å². The van der Waals surface area contributed by atoms with Gasteiger partial charge in [0.15, 0.2) is 11.6 Å². The smallest absolute Gasteiger partial charge is 0.316 e. The molecule has 0 aliphatic heterocycles. The molecule has 1 heterocycles. The molecule has 1 aromatic heterocycles. The highest BCUT2D eigenvalue weighted by Gasteiger charge is 2.11. The molecule has 0 saturated heterocycles. The molecule has 3 aromatic rings. The molecule has 0 fully saturated rings. The van der Waals surface area contributed by atoms with Crippen LogP contribution < -0.4 is 14.8 Å². The quantitative estimate of drug-likeness (QED) is 0.200. The number of hydrogen-bond donors (Lipinski definition) is 2. The molecule has 9 heteroatoms. The Kier molecular flexibility index (Phi) is 10.8. The maximum atomic E-state index is 14.2. The molecule has 0 aliphatic rings. The monoisotopic (exact) mass is 505 g/mol. The number of rotatable bonds is 15. The number of benzene rings is 2. The summed E-state index contributed by atoms with van der Waals surface area (Å²) in [6.45, 7) is 5.75. The average molecular weight is 506 g/mol. The fourth-order valence-electron chi connectivity index (χ4n) is 3.53. The van der Waals surface area contributed by atoms with Gasteiger partial charge in [-0.05, 0) is 87.2 Å². The highest BCUT2D eigenvalue weighted by atomic mass is 31.1. The lowest BCUT2D eigenvalue weighted by Crippen LogP contribution is -2.16. The summed E-state index contributed by atoms with van der Waals surface area (Å²) in [5.41, 5.74) is 2.81. The van der Waals surface area contributed by atoms with Gasteiger partial charge in [0.2, 0.25) is 0 Å². The molecule has 0 aliphatic carbocycles. The lowest BCUT2D eigenvalue weighted by molar-refractivity contribution is 0.231. The van der Waals surface area contributed by atoms with Crippen molar-refractivity contribution in [2.45, 2.75) is 45.8 Å². The first-order valence-electron chi connectivity index (χ1n) is 11.7. The third-order valence-electron chi connectivity index (χ3n) is 5.11. The molecule has 0 amide bonds. The van der Waals surface area contributed by atoms with Crippen LogP contribution in [0.2, 0.25) is 0 Å². The van der Waals surface area contributed by atoms with E-state index in [2.05, 4.69) is 9.84 Å². The Bertz CT molecular complexity index is 1070. The second-order valence-corrected chi connectivity index (χ2v) is 9.16. The lowest BCUT2D eigenvalue weighted by atomic mass is 10.1. The van der Waals surface area contributed by atoms with Crippen molar-refractivity contribution < 1.29 is 32.3 Å². The Hall–Kier alpha value is -2.64. The predicted octanol–water partition coefficient (Wildman–Crippen LogP) is 5.76. The molecule has 0 spiro atoms. The van der Waals surface area contributed by atoms with Crippen LogP contribution >= 0.6 is 8.25 Å². The minimum Gasteiger partial charge on any atom is -0.493 e. The molecular formula is C26H33FNO6P. The first-order valence-corrected chi connectivity index (χ1v) is 13.0. The van der Waals surface area contributed by atoms with Crippen molar-refractivity contribution in [1.82, 2.24) is 5.32 Å². The Morgan fingerprint density at radius 2 is 1.86 bits per heavy atom. The summed E-state index contributed by atoms with van der Waals surface area (Å²) < 4.78 is 46.6. The maximum Gasteiger partial charge on any atom is 0.316 e. The zero-order chi connectivity index (χ0) is 25.0. The molecule has 1 atom stereocenters. The SMILES string of the molecule is CC(C)Oc1ccc(CCCOc2ccc(CNCCCO[PH](=O)O)cc2-c2ccco2)cc1F. The van der Waals surface area contributed by atoms with Crippen molar-refractivity contribution >= 4 is 8.25 Å². The van der Waals surface area contributed by atoms with Gasteiger partial charge >= 0.3 is 8.25 Å². The Morgan fingerprint density at radius 1 is 1.06 bits per heavy atom. The number of nitrogens with one attached hydrogen (secondary N) is 1. The second-order valence-electron chi connectivity index (χ2n) is 8.34. The van der Waals surface area contributed by atoms with Gasteiger partial charge in [0.25, 0.3) is 0 Å². The molecule has 0 radical (unpaired) electrons. The van der Waals surface area contributed by atoms with Crippen molar-refractivity contribution in [3.05, 3.63) is 71.7 Å². The fourth-order valence-corrected chi connectivity index (χ4v) is 3.85. The highest BCUT2D eigenvalue weighted by Crippen LogP contribution is 2.32. The van der Waals surface area contributed by atoms with Gasteiger partial charge in [-0.2, -0.15) is 0 Å². The van der Waals surface area contributed by atoms with Crippen molar-refractivity contribution in [1.29, 1.82) is 0 Å². The van der Waals surface area contributed by atoms with Crippen LogP contribution in [0.15, 0.2) is 59.2 Å². The Labute approximate surface area is 206 Å². The molecule has 2 aromatic carbocycles. The zero-order valence-corrected chi connectivity index (χ0v) is 21.1. The second kappa shape index (κ2) is 14.0. The predicted molar refractivity (Wildman–Crippen MR) is 134 cm³/mol. The largest absolute Gasteiger partial charge is 0.493 e. The summed E-state index contributed by atoms with van der Waals surface area (Å²) in [5.74, 6) is 1.36. The molecule has 1 unspecified atom stereocenters. The van der Waals surface area contributed by atoms with Gasteiger partial charge < -0.3 is 28.6 Å². The van der Waals surface area contributed by atoms with E-state index in [0.717, 1.165) is 28.9 Å². The third kappa shape index (κ3) is 9.15. The minimum atomic E-state index is -2.87. The molecule has 2 N–H and O–H groups in total. The third-order valence-corrected chi connectivity index (χ3v) is 5.56. The molecule has 35 heavy (non-hydrogen) atoms. The molecule has 3 rings (SSSR count). The molecule has 7 nitrogen and oxygen atoms in total. The normalized spacial score (nSPS) is 12.1. The first-order chi connectivity index (χ1) is 16.9. The van der Waals surface area contributed by atoms with Crippen LogP contribution in [0, 0.1) is 5.82 Å². The van der Waals surface area contributed by atoms with E-state index in [1.165, 1.54) is 6.07 Å². The van der Waals surface area contributed by atoms with Gasteiger partial charge in [0.1, 0.15) is 11.5 Å². The van der Waals surface area contributed by atoms with Gasteiger partial charge in [-0.1, -0.05) is 12.1 Å². The van der Waals surface area contributed by atoms with Crippen molar-refractivity contribution in [3.63, 3.8) is 0 Å². The summed E-state index contributed by atoms with van der Waals surface area (Å²) in [4.78, 5) is 8.68. The van der Waals surface area contributed by atoms with E-state index in [1.54, 1.807) is 12.3 Å². The zero-order valence-electron chi connectivity index (χ0n) is 20.1. The van der Waals surface area contributed by atoms with Crippen molar-refractivity contribution in [2.24, 2.45) is 0 Å². The summed E-state index contributed by atoms with van der Waals surface area (Å²) in [6.07, 6.45) is 3.60. The summed E-state index contributed by atoms with van der Waals surface area (Å²) in [7, 11) is -2.87. The average Bonchev–Trinajstić information content (AvgIpc) is 3.35. The molecule has 190 valence electrons. The number of aryl methyl sites for hydroxylation is 1. The van der Waals surface area contributed by atoms with E-state index in [9.17, 15) is 8.96 Å². The number of halogens is 1.